The fourth-order valence-corrected chi connectivity index (χ4v) is 1.95. The van der Waals surface area contributed by atoms with Gasteiger partial charge < -0.3 is 5.32 Å². The summed E-state index contributed by atoms with van der Waals surface area (Å²) in [5, 5.41) is 2.53. The van der Waals surface area contributed by atoms with Crippen LogP contribution in [-0.4, -0.2) is 26.3 Å². The number of anilines is 1. The van der Waals surface area contributed by atoms with Gasteiger partial charge in [0.25, 0.3) is 0 Å². The van der Waals surface area contributed by atoms with Gasteiger partial charge in [-0.15, -0.1) is 0 Å². The first-order valence-electron chi connectivity index (χ1n) is 4.51. The van der Waals surface area contributed by atoms with Crippen LogP contribution < -0.4 is 5.32 Å². The van der Waals surface area contributed by atoms with Gasteiger partial charge in [0.05, 0.1) is 0 Å². The third kappa shape index (κ3) is 4.32. The first-order chi connectivity index (χ1) is 7.28. The number of rotatable bonds is 3. The molecule has 0 bridgehead atoms. The molecule has 1 amide bonds. The van der Waals surface area contributed by atoms with Crippen LogP contribution in [0.15, 0.2) is 22.7 Å². The van der Waals surface area contributed by atoms with Crippen LogP contribution in [0.5, 0.6) is 0 Å². The van der Waals surface area contributed by atoms with Crippen LogP contribution in [0.3, 0.4) is 0 Å². The van der Waals surface area contributed by atoms with Gasteiger partial charge in [-0.2, -0.15) is 0 Å². The molecule has 0 saturated carbocycles. The molecule has 0 atom stereocenters. The average Bonchev–Trinajstić information content (AvgIpc) is 2.08. The minimum absolute atomic E-state index is 0.498. The lowest BCUT2D eigenvalue weighted by Gasteiger charge is -2.06. The summed E-state index contributed by atoms with van der Waals surface area (Å²) in [6.07, 6.45) is 1.03. The maximum Gasteiger partial charge on any atom is 0.239 e. The second-order valence-electron chi connectivity index (χ2n) is 3.58. The van der Waals surface area contributed by atoms with Crippen molar-refractivity contribution in [3.8, 4) is 0 Å². The number of hydrogen-bond acceptors (Lipinski definition) is 3. The van der Waals surface area contributed by atoms with E-state index in [1.807, 2.05) is 6.92 Å². The highest BCUT2D eigenvalue weighted by atomic mass is 79.9. The van der Waals surface area contributed by atoms with E-state index in [4.69, 9.17) is 0 Å². The Bertz CT molecular complexity index is 511. The number of sulfone groups is 1. The summed E-state index contributed by atoms with van der Waals surface area (Å²) in [7, 11) is -3.28. The van der Waals surface area contributed by atoms with E-state index in [9.17, 15) is 13.2 Å². The summed E-state index contributed by atoms with van der Waals surface area (Å²) in [6, 6.07) is 5.27. The van der Waals surface area contributed by atoms with Crippen LogP contribution >= 0.6 is 15.9 Å². The Kier molecular flexibility index (Phi) is 4.09. The minimum atomic E-state index is -3.28. The van der Waals surface area contributed by atoms with Crippen LogP contribution in [0.1, 0.15) is 5.56 Å². The Morgan fingerprint density at radius 1 is 1.44 bits per heavy atom. The van der Waals surface area contributed by atoms with Gasteiger partial charge in [-0.1, -0.05) is 15.9 Å². The lowest BCUT2D eigenvalue weighted by Crippen LogP contribution is -2.21. The molecule has 1 rings (SSSR count). The van der Waals surface area contributed by atoms with Crippen molar-refractivity contribution in [2.45, 2.75) is 6.92 Å². The Morgan fingerprint density at radius 2 is 2.06 bits per heavy atom. The highest BCUT2D eigenvalue weighted by Crippen LogP contribution is 2.19. The maximum atomic E-state index is 11.3. The van der Waals surface area contributed by atoms with Crippen molar-refractivity contribution in [1.29, 1.82) is 0 Å². The normalized spacial score (nSPS) is 11.2. The molecule has 1 aromatic rings. The third-order valence-electron chi connectivity index (χ3n) is 1.83. The quantitative estimate of drug-likeness (QED) is 0.925. The Labute approximate surface area is 103 Å². The van der Waals surface area contributed by atoms with Crippen LogP contribution in [0.25, 0.3) is 0 Å². The van der Waals surface area contributed by atoms with E-state index in [0.29, 0.717) is 5.69 Å². The molecule has 0 fully saturated rings. The zero-order valence-corrected chi connectivity index (χ0v) is 11.4. The Balaban J connectivity index is 2.74. The van der Waals surface area contributed by atoms with Crippen LogP contribution in [0, 0.1) is 6.92 Å². The fraction of sp³-hybridized carbons (Fsp3) is 0.300. The fourth-order valence-electron chi connectivity index (χ4n) is 1.16. The average molecular weight is 306 g/mol. The van der Waals surface area contributed by atoms with Crippen molar-refractivity contribution >= 4 is 37.4 Å². The van der Waals surface area contributed by atoms with E-state index in [-0.39, 0.29) is 0 Å². The van der Waals surface area contributed by atoms with Crippen LogP contribution in [0.4, 0.5) is 5.69 Å². The van der Waals surface area contributed by atoms with Crippen molar-refractivity contribution in [3.05, 3.63) is 28.2 Å². The van der Waals surface area contributed by atoms with Crippen molar-refractivity contribution in [3.63, 3.8) is 0 Å². The summed E-state index contributed by atoms with van der Waals surface area (Å²) < 4.78 is 22.7. The number of carbonyl (C=O) groups is 1. The third-order valence-corrected chi connectivity index (χ3v) is 3.51. The molecule has 0 spiro atoms. The van der Waals surface area contributed by atoms with Gasteiger partial charge in [-0.25, -0.2) is 8.42 Å². The van der Waals surface area contributed by atoms with Gasteiger partial charge in [0.15, 0.2) is 9.84 Å². The molecule has 0 aromatic heterocycles. The monoisotopic (exact) mass is 305 g/mol. The van der Waals surface area contributed by atoms with Gasteiger partial charge >= 0.3 is 0 Å². The SMILES string of the molecule is Cc1cc(NC(=O)CS(C)(=O)=O)ccc1Br. The summed E-state index contributed by atoms with van der Waals surface area (Å²) >= 11 is 3.34. The summed E-state index contributed by atoms with van der Waals surface area (Å²) in [4.78, 5) is 11.3. The summed E-state index contributed by atoms with van der Waals surface area (Å²) in [5.41, 5.74) is 1.56. The Hall–Kier alpha value is -0.880. The molecule has 16 heavy (non-hydrogen) atoms. The van der Waals surface area contributed by atoms with Crippen molar-refractivity contribution < 1.29 is 13.2 Å². The molecule has 0 radical (unpaired) electrons. The van der Waals surface area contributed by atoms with E-state index >= 15 is 0 Å². The minimum Gasteiger partial charge on any atom is -0.325 e. The molecule has 0 aliphatic carbocycles. The number of hydrogen-bond donors (Lipinski definition) is 1. The Morgan fingerprint density at radius 3 is 2.56 bits per heavy atom. The highest BCUT2D eigenvalue weighted by Gasteiger charge is 2.11. The molecule has 1 aromatic carbocycles. The van der Waals surface area contributed by atoms with Crippen molar-refractivity contribution in [1.82, 2.24) is 0 Å². The molecule has 0 aliphatic rings. The first-order valence-corrected chi connectivity index (χ1v) is 7.37. The van der Waals surface area contributed by atoms with Gasteiger partial charge in [0.1, 0.15) is 5.75 Å². The molecule has 4 nitrogen and oxygen atoms in total. The first kappa shape index (κ1) is 13.2. The number of nitrogens with one attached hydrogen (secondary N) is 1. The van der Waals surface area contributed by atoms with Gasteiger partial charge in [0, 0.05) is 16.4 Å². The number of benzene rings is 1. The molecule has 0 aliphatic heterocycles. The molecular formula is C10H12BrNO3S. The van der Waals surface area contributed by atoms with E-state index < -0.39 is 21.5 Å². The summed E-state index contributed by atoms with van der Waals surface area (Å²) in [6.45, 7) is 1.89. The number of carbonyl (C=O) groups excluding carboxylic acids is 1. The molecule has 6 heteroatoms. The second kappa shape index (κ2) is 4.97. The topological polar surface area (TPSA) is 63.2 Å². The molecule has 88 valence electrons. The highest BCUT2D eigenvalue weighted by molar-refractivity contribution is 9.10. The standard InChI is InChI=1S/C10H12BrNO3S/c1-7-5-8(3-4-9(7)11)12-10(13)6-16(2,14)15/h3-5H,6H2,1-2H3,(H,12,13). The van der Waals surface area contributed by atoms with E-state index in [1.54, 1.807) is 18.2 Å². The number of aryl methyl sites for hydroxylation is 1. The van der Waals surface area contributed by atoms with Gasteiger partial charge in [0.2, 0.25) is 5.91 Å². The van der Waals surface area contributed by atoms with Gasteiger partial charge in [-0.3, -0.25) is 4.79 Å². The summed E-state index contributed by atoms with van der Waals surface area (Å²) in [5.74, 6) is -1.02. The van der Waals surface area contributed by atoms with Crippen molar-refractivity contribution in [2.24, 2.45) is 0 Å². The lowest BCUT2D eigenvalue weighted by molar-refractivity contribution is -0.113. The number of amides is 1. The van der Waals surface area contributed by atoms with Gasteiger partial charge in [-0.05, 0) is 30.7 Å². The maximum absolute atomic E-state index is 11.3. The molecule has 1 N–H and O–H groups in total. The molecule has 0 saturated heterocycles. The van der Waals surface area contributed by atoms with Crippen molar-refractivity contribution in [2.75, 3.05) is 17.3 Å². The van der Waals surface area contributed by atoms with E-state index in [2.05, 4.69) is 21.2 Å². The smallest absolute Gasteiger partial charge is 0.239 e. The molecular weight excluding hydrogens is 294 g/mol. The molecule has 0 heterocycles. The zero-order chi connectivity index (χ0) is 12.3. The van der Waals surface area contributed by atoms with Crippen LogP contribution in [-0.2, 0) is 14.6 Å². The zero-order valence-electron chi connectivity index (χ0n) is 8.95. The largest absolute Gasteiger partial charge is 0.325 e. The van der Waals surface area contributed by atoms with Crippen LogP contribution in [0.2, 0.25) is 0 Å². The predicted octanol–water partition coefficient (Wildman–Crippen LogP) is 1.74. The molecule has 0 unspecified atom stereocenters. The second-order valence-corrected chi connectivity index (χ2v) is 6.58. The predicted molar refractivity (Wildman–Crippen MR) is 67.2 cm³/mol. The number of halogens is 1. The van der Waals surface area contributed by atoms with E-state index in [0.717, 1.165) is 16.3 Å². The van der Waals surface area contributed by atoms with E-state index in [1.165, 1.54) is 0 Å². The lowest BCUT2D eigenvalue weighted by atomic mass is 10.2.